The average molecular weight is 372 g/mol. The third-order valence-electron chi connectivity index (χ3n) is 3.48. The minimum atomic E-state index is -0.575. The maximum atomic E-state index is 13.5. The van der Waals surface area contributed by atoms with Gasteiger partial charge in [0.05, 0.1) is 5.56 Å². The van der Waals surface area contributed by atoms with Gasteiger partial charge in [-0.3, -0.25) is 9.59 Å². The maximum Gasteiger partial charge on any atom is 0.319 e. The summed E-state index contributed by atoms with van der Waals surface area (Å²) in [5.41, 5.74) is 1.10. The Morgan fingerprint density at radius 1 is 0.889 bits per heavy atom. The summed E-state index contributed by atoms with van der Waals surface area (Å²) < 4.78 is 13.5. The number of hydrogen-bond donors (Lipinski definition) is 4. The number of amides is 4. The van der Waals surface area contributed by atoms with E-state index in [9.17, 15) is 18.8 Å². The van der Waals surface area contributed by atoms with E-state index in [1.54, 1.807) is 30.3 Å². The van der Waals surface area contributed by atoms with E-state index in [4.69, 9.17) is 0 Å². The maximum absolute atomic E-state index is 13.5. The number of carbonyl (C=O) groups excluding carboxylic acids is 3. The molecule has 0 aliphatic heterocycles. The lowest BCUT2D eigenvalue weighted by atomic mass is 10.2. The van der Waals surface area contributed by atoms with Crippen molar-refractivity contribution in [2.45, 2.75) is 13.3 Å². The standard InChI is InChI=1S/C19H21FN4O3/c1-13(25)23-14-6-4-7-15(12-14)24-19(27)22-11-5-10-21-18(26)16-8-2-3-9-17(16)20/h2-4,6-9,12H,5,10-11H2,1H3,(H,21,26)(H,23,25)(H2,22,24,27). The van der Waals surface area contributed by atoms with Gasteiger partial charge in [-0.05, 0) is 36.8 Å². The molecule has 27 heavy (non-hydrogen) atoms. The van der Waals surface area contributed by atoms with Crippen molar-refractivity contribution < 1.29 is 18.8 Å². The third-order valence-corrected chi connectivity index (χ3v) is 3.48. The molecule has 0 heterocycles. The van der Waals surface area contributed by atoms with Crippen molar-refractivity contribution in [3.8, 4) is 0 Å². The second kappa shape index (κ2) is 9.91. The molecule has 2 aromatic rings. The van der Waals surface area contributed by atoms with Gasteiger partial charge in [-0.1, -0.05) is 18.2 Å². The summed E-state index contributed by atoms with van der Waals surface area (Å²) in [6.07, 6.45) is 0.486. The van der Waals surface area contributed by atoms with Crippen molar-refractivity contribution in [2.24, 2.45) is 0 Å². The fraction of sp³-hybridized carbons (Fsp3) is 0.211. The highest BCUT2D eigenvalue weighted by molar-refractivity contribution is 5.94. The Morgan fingerprint density at radius 2 is 1.56 bits per heavy atom. The van der Waals surface area contributed by atoms with E-state index in [1.807, 2.05) is 0 Å². The number of hydrogen-bond acceptors (Lipinski definition) is 3. The van der Waals surface area contributed by atoms with E-state index in [1.165, 1.54) is 25.1 Å². The Labute approximate surface area is 156 Å². The summed E-state index contributed by atoms with van der Waals surface area (Å²) in [7, 11) is 0. The van der Waals surface area contributed by atoms with Gasteiger partial charge in [0.1, 0.15) is 5.82 Å². The van der Waals surface area contributed by atoms with Crippen molar-refractivity contribution >= 4 is 29.2 Å². The predicted molar refractivity (Wildman–Crippen MR) is 101 cm³/mol. The van der Waals surface area contributed by atoms with Gasteiger partial charge in [-0.15, -0.1) is 0 Å². The van der Waals surface area contributed by atoms with Gasteiger partial charge in [0.2, 0.25) is 5.91 Å². The SMILES string of the molecule is CC(=O)Nc1cccc(NC(=O)NCCCNC(=O)c2ccccc2F)c1. The molecule has 0 unspecified atom stereocenters. The van der Waals surface area contributed by atoms with Gasteiger partial charge in [0.15, 0.2) is 0 Å². The van der Waals surface area contributed by atoms with Crippen molar-refractivity contribution in [2.75, 3.05) is 23.7 Å². The number of urea groups is 1. The van der Waals surface area contributed by atoms with Gasteiger partial charge in [0, 0.05) is 31.4 Å². The Bertz CT molecular complexity index is 826. The van der Waals surface area contributed by atoms with E-state index in [0.29, 0.717) is 30.9 Å². The van der Waals surface area contributed by atoms with Crippen LogP contribution in [0, 0.1) is 5.82 Å². The highest BCUT2D eigenvalue weighted by Gasteiger charge is 2.09. The van der Waals surface area contributed by atoms with Crippen LogP contribution in [0.25, 0.3) is 0 Å². The molecule has 2 aromatic carbocycles. The minimum absolute atomic E-state index is 0.0118. The summed E-state index contributed by atoms with van der Waals surface area (Å²) in [5, 5.41) is 10.5. The van der Waals surface area contributed by atoms with Crippen LogP contribution in [-0.2, 0) is 4.79 Å². The number of nitrogens with one attached hydrogen (secondary N) is 4. The first kappa shape index (κ1) is 19.9. The van der Waals surface area contributed by atoms with Gasteiger partial charge in [-0.2, -0.15) is 0 Å². The molecule has 0 atom stereocenters. The van der Waals surface area contributed by atoms with Crippen LogP contribution < -0.4 is 21.3 Å². The van der Waals surface area contributed by atoms with Gasteiger partial charge in [-0.25, -0.2) is 9.18 Å². The van der Waals surface area contributed by atoms with Crippen LogP contribution in [0.1, 0.15) is 23.7 Å². The zero-order valence-corrected chi connectivity index (χ0v) is 14.8. The lowest BCUT2D eigenvalue weighted by Crippen LogP contribution is -2.32. The van der Waals surface area contributed by atoms with Crippen LogP contribution in [0.5, 0.6) is 0 Å². The summed E-state index contributed by atoms with van der Waals surface area (Å²) in [6, 6.07) is 12.1. The third kappa shape index (κ3) is 6.77. The predicted octanol–water partition coefficient (Wildman–Crippen LogP) is 2.73. The molecule has 0 aliphatic carbocycles. The lowest BCUT2D eigenvalue weighted by Gasteiger charge is -2.10. The molecule has 8 heteroatoms. The molecule has 0 bridgehead atoms. The van der Waals surface area contributed by atoms with Gasteiger partial charge < -0.3 is 21.3 Å². The fourth-order valence-electron chi connectivity index (χ4n) is 2.29. The van der Waals surface area contributed by atoms with E-state index >= 15 is 0 Å². The van der Waals surface area contributed by atoms with E-state index in [0.717, 1.165) is 0 Å². The first-order valence-electron chi connectivity index (χ1n) is 8.41. The molecular formula is C19H21FN4O3. The van der Waals surface area contributed by atoms with E-state index in [-0.39, 0.29) is 11.5 Å². The molecule has 0 spiro atoms. The van der Waals surface area contributed by atoms with Crippen LogP contribution in [-0.4, -0.2) is 30.9 Å². The smallest absolute Gasteiger partial charge is 0.319 e. The van der Waals surface area contributed by atoms with Crippen LogP contribution in [0.2, 0.25) is 0 Å². The van der Waals surface area contributed by atoms with Crippen molar-refractivity contribution in [3.63, 3.8) is 0 Å². The Kier molecular flexibility index (Phi) is 7.30. The Balaban J connectivity index is 1.68. The molecule has 0 fully saturated rings. The molecule has 2 rings (SSSR count). The zero-order chi connectivity index (χ0) is 19.6. The van der Waals surface area contributed by atoms with Gasteiger partial charge >= 0.3 is 6.03 Å². The highest BCUT2D eigenvalue weighted by atomic mass is 19.1. The highest BCUT2D eigenvalue weighted by Crippen LogP contribution is 2.14. The molecule has 4 N–H and O–H groups in total. The van der Waals surface area contributed by atoms with Crippen molar-refractivity contribution in [3.05, 3.63) is 59.9 Å². The average Bonchev–Trinajstić information content (AvgIpc) is 2.61. The molecule has 0 aliphatic rings. The molecule has 0 radical (unpaired) electrons. The normalized spacial score (nSPS) is 10.0. The van der Waals surface area contributed by atoms with Gasteiger partial charge in [0.25, 0.3) is 5.91 Å². The minimum Gasteiger partial charge on any atom is -0.352 e. The van der Waals surface area contributed by atoms with Crippen molar-refractivity contribution in [1.82, 2.24) is 10.6 Å². The second-order valence-electron chi connectivity index (χ2n) is 5.73. The largest absolute Gasteiger partial charge is 0.352 e. The van der Waals surface area contributed by atoms with E-state index < -0.39 is 17.8 Å². The molecule has 4 amide bonds. The molecule has 0 saturated carbocycles. The molecule has 142 valence electrons. The number of rotatable bonds is 7. The monoisotopic (exact) mass is 372 g/mol. The van der Waals surface area contributed by atoms with Crippen LogP contribution >= 0.6 is 0 Å². The second-order valence-corrected chi connectivity index (χ2v) is 5.73. The molecule has 7 nitrogen and oxygen atoms in total. The zero-order valence-electron chi connectivity index (χ0n) is 14.8. The lowest BCUT2D eigenvalue weighted by molar-refractivity contribution is -0.114. The number of anilines is 2. The summed E-state index contributed by atoms with van der Waals surface area (Å²) in [5.74, 6) is -1.27. The first-order valence-corrected chi connectivity index (χ1v) is 8.41. The molecular weight excluding hydrogens is 351 g/mol. The quantitative estimate of drug-likeness (QED) is 0.562. The summed E-state index contributed by atoms with van der Waals surface area (Å²) in [4.78, 5) is 34.7. The van der Waals surface area contributed by atoms with Crippen LogP contribution in [0.3, 0.4) is 0 Å². The first-order chi connectivity index (χ1) is 13.0. The number of carbonyl (C=O) groups is 3. The summed E-state index contributed by atoms with van der Waals surface area (Å²) >= 11 is 0. The number of benzene rings is 2. The molecule has 0 aromatic heterocycles. The molecule has 0 saturated heterocycles. The topological polar surface area (TPSA) is 99.3 Å². The number of halogens is 1. The summed E-state index contributed by atoms with van der Waals surface area (Å²) in [6.45, 7) is 2.03. The van der Waals surface area contributed by atoms with E-state index in [2.05, 4.69) is 21.3 Å². The fourth-order valence-corrected chi connectivity index (χ4v) is 2.29. The Hall–Kier alpha value is -3.42. The van der Waals surface area contributed by atoms with Crippen LogP contribution in [0.4, 0.5) is 20.6 Å². The Morgan fingerprint density at radius 3 is 2.26 bits per heavy atom. The van der Waals surface area contributed by atoms with Crippen molar-refractivity contribution in [1.29, 1.82) is 0 Å². The van der Waals surface area contributed by atoms with Crippen LogP contribution in [0.15, 0.2) is 48.5 Å².